The summed E-state index contributed by atoms with van der Waals surface area (Å²) < 4.78 is 0. The van der Waals surface area contributed by atoms with Crippen LogP contribution in [0.1, 0.15) is 22.5 Å². The van der Waals surface area contributed by atoms with Crippen molar-refractivity contribution < 1.29 is 0 Å². The van der Waals surface area contributed by atoms with Gasteiger partial charge in [-0.2, -0.15) is 0 Å². The van der Waals surface area contributed by atoms with Crippen LogP contribution in [0.5, 0.6) is 0 Å². The minimum absolute atomic E-state index is 0.662. The largest absolute Gasteiger partial charge is 0.324 e. The Morgan fingerprint density at radius 2 is 1.35 bits per heavy atom. The molecule has 1 heterocycles. The number of hydrogen-bond donors (Lipinski definition) is 1. The normalized spacial score (nSPS) is 10.4. The Morgan fingerprint density at radius 3 is 1.88 bits per heavy atom. The minimum atomic E-state index is 0.662. The van der Waals surface area contributed by atoms with Gasteiger partial charge in [0, 0.05) is 17.1 Å². The van der Waals surface area contributed by atoms with E-state index in [2.05, 4.69) is 34.3 Å². The zero-order valence-electron chi connectivity index (χ0n) is 10.7. The summed E-state index contributed by atoms with van der Waals surface area (Å²) in [5.74, 6) is 0.662. The van der Waals surface area contributed by atoms with Crippen molar-refractivity contribution in [1.82, 2.24) is 9.97 Å². The molecule has 0 bridgehead atoms. The van der Waals surface area contributed by atoms with Crippen LogP contribution >= 0.6 is 0 Å². The van der Waals surface area contributed by atoms with Crippen molar-refractivity contribution in [2.45, 2.75) is 27.7 Å². The van der Waals surface area contributed by atoms with Gasteiger partial charge in [-0.3, -0.25) is 0 Å². The van der Waals surface area contributed by atoms with E-state index in [0.717, 1.165) is 22.6 Å². The van der Waals surface area contributed by atoms with Crippen LogP contribution in [0.4, 0.5) is 11.6 Å². The maximum Gasteiger partial charge on any atom is 0.227 e. The molecule has 0 amide bonds. The monoisotopic (exact) mass is 227 g/mol. The van der Waals surface area contributed by atoms with Crippen molar-refractivity contribution in [3.05, 3.63) is 46.8 Å². The van der Waals surface area contributed by atoms with E-state index in [9.17, 15) is 0 Å². The molecule has 0 saturated heterocycles. The van der Waals surface area contributed by atoms with Crippen molar-refractivity contribution in [1.29, 1.82) is 0 Å². The van der Waals surface area contributed by atoms with Gasteiger partial charge in [0.15, 0.2) is 0 Å². The summed E-state index contributed by atoms with van der Waals surface area (Å²) in [5.41, 5.74) is 5.45. The lowest BCUT2D eigenvalue weighted by Crippen LogP contribution is -2.02. The quantitative estimate of drug-likeness (QED) is 0.853. The van der Waals surface area contributed by atoms with Gasteiger partial charge in [-0.15, -0.1) is 0 Å². The Labute approximate surface area is 102 Å². The Balaban J connectivity index is 2.27. The first-order chi connectivity index (χ1) is 8.06. The molecule has 3 nitrogen and oxygen atoms in total. The highest BCUT2D eigenvalue weighted by Gasteiger charge is 2.04. The van der Waals surface area contributed by atoms with Crippen LogP contribution in [-0.2, 0) is 0 Å². The second-order valence-corrected chi connectivity index (χ2v) is 4.33. The average Bonchev–Trinajstić information content (AvgIpc) is 2.29. The Bertz CT molecular complexity index is 507. The van der Waals surface area contributed by atoms with Gasteiger partial charge in [-0.05, 0) is 45.4 Å². The van der Waals surface area contributed by atoms with Crippen LogP contribution in [0.25, 0.3) is 0 Å². The van der Waals surface area contributed by atoms with Gasteiger partial charge in [0.1, 0.15) is 0 Å². The molecule has 17 heavy (non-hydrogen) atoms. The molecule has 0 saturated carbocycles. The van der Waals surface area contributed by atoms with Gasteiger partial charge in [0.05, 0.1) is 0 Å². The van der Waals surface area contributed by atoms with Crippen molar-refractivity contribution in [3.8, 4) is 0 Å². The van der Waals surface area contributed by atoms with Gasteiger partial charge in [0.25, 0.3) is 0 Å². The molecule has 2 aromatic rings. The molecule has 0 radical (unpaired) electrons. The fraction of sp³-hybridized carbons (Fsp3) is 0.286. The van der Waals surface area contributed by atoms with Crippen LogP contribution in [0.2, 0.25) is 0 Å². The van der Waals surface area contributed by atoms with E-state index in [4.69, 9.17) is 0 Å². The Morgan fingerprint density at radius 1 is 0.824 bits per heavy atom. The van der Waals surface area contributed by atoms with E-state index in [0.29, 0.717) is 5.95 Å². The lowest BCUT2D eigenvalue weighted by molar-refractivity contribution is 1.02. The van der Waals surface area contributed by atoms with E-state index < -0.39 is 0 Å². The summed E-state index contributed by atoms with van der Waals surface area (Å²) in [7, 11) is 0. The molecule has 1 aromatic heterocycles. The van der Waals surface area contributed by atoms with Crippen molar-refractivity contribution >= 4 is 11.6 Å². The van der Waals surface area contributed by atoms with Crippen LogP contribution in [-0.4, -0.2) is 9.97 Å². The third-order valence-electron chi connectivity index (χ3n) is 2.94. The third-order valence-corrected chi connectivity index (χ3v) is 2.94. The number of rotatable bonds is 2. The molecule has 3 heteroatoms. The summed E-state index contributed by atoms with van der Waals surface area (Å²) in [6.45, 7) is 8.12. The molecule has 1 N–H and O–H groups in total. The summed E-state index contributed by atoms with van der Waals surface area (Å²) in [5, 5.41) is 3.22. The Kier molecular flexibility index (Phi) is 3.09. The fourth-order valence-electron chi connectivity index (χ4n) is 1.59. The lowest BCUT2D eigenvalue weighted by Gasteiger charge is -2.09. The van der Waals surface area contributed by atoms with Crippen molar-refractivity contribution in [3.63, 3.8) is 0 Å². The van der Waals surface area contributed by atoms with Gasteiger partial charge >= 0.3 is 0 Å². The minimum Gasteiger partial charge on any atom is -0.324 e. The smallest absolute Gasteiger partial charge is 0.227 e. The SMILES string of the molecule is Cc1ccc(Nc2nc(C)c(C)c(C)n2)cc1. The zero-order chi connectivity index (χ0) is 12.4. The van der Waals surface area contributed by atoms with E-state index in [1.165, 1.54) is 5.56 Å². The van der Waals surface area contributed by atoms with Crippen LogP contribution < -0.4 is 5.32 Å². The number of aromatic nitrogens is 2. The summed E-state index contributed by atoms with van der Waals surface area (Å²) in [4.78, 5) is 8.86. The predicted molar refractivity (Wildman–Crippen MR) is 70.7 cm³/mol. The zero-order valence-corrected chi connectivity index (χ0v) is 10.7. The van der Waals surface area contributed by atoms with Gasteiger partial charge < -0.3 is 5.32 Å². The second-order valence-electron chi connectivity index (χ2n) is 4.33. The highest BCUT2D eigenvalue weighted by Crippen LogP contribution is 2.16. The summed E-state index contributed by atoms with van der Waals surface area (Å²) >= 11 is 0. The van der Waals surface area contributed by atoms with E-state index in [-0.39, 0.29) is 0 Å². The molecule has 0 unspecified atom stereocenters. The molecular formula is C14H17N3. The highest BCUT2D eigenvalue weighted by atomic mass is 15.1. The molecule has 0 aliphatic rings. The van der Waals surface area contributed by atoms with Crippen LogP contribution in [0.3, 0.4) is 0 Å². The topological polar surface area (TPSA) is 37.8 Å². The Hall–Kier alpha value is -1.90. The van der Waals surface area contributed by atoms with E-state index in [1.54, 1.807) is 0 Å². The molecule has 88 valence electrons. The molecule has 0 spiro atoms. The first-order valence-corrected chi connectivity index (χ1v) is 5.72. The van der Waals surface area contributed by atoms with Gasteiger partial charge in [-0.25, -0.2) is 9.97 Å². The number of benzene rings is 1. The maximum atomic E-state index is 4.43. The standard InChI is InChI=1S/C14H17N3/c1-9-5-7-13(8-6-9)17-14-15-11(3)10(2)12(4)16-14/h5-8H,1-4H3,(H,15,16,17). The molecule has 1 aromatic carbocycles. The van der Waals surface area contributed by atoms with Gasteiger partial charge in [0.2, 0.25) is 5.95 Å². The van der Waals surface area contributed by atoms with Crippen molar-refractivity contribution in [2.75, 3.05) is 5.32 Å². The number of nitrogens with zero attached hydrogens (tertiary/aromatic N) is 2. The number of aryl methyl sites for hydroxylation is 3. The fourth-order valence-corrected chi connectivity index (χ4v) is 1.59. The van der Waals surface area contributed by atoms with Crippen LogP contribution in [0.15, 0.2) is 24.3 Å². The first-order valence-electron chi connectivity index (χ1n) is 5.72. The molecule has 0 fully saturated rings. The van der Waals surface area contributed by atoms with E-state index in [1.807, 2.05) is 32.9 Å². The maximum absolute atomic E-state index is 4.43. The summed E-state index contributed by atoms with van der Waals surface area (Å²) in [6.07, 6.45) is 0. The molecule has 0 atom stereocenters. The predicted octanol–water partition coefficient (Wildman–Crippen LogP) is 3.45. The highest BCUT2D eigenvalue weighted by molar-refractivity contribution is 5.54. The van der Waals surface area contributed by atoms with Crippen molar-refractivity contribution in [2.24, 2.45) is 0 Å². The molecule has 0 aliphatic heterocycles. The molecular weight excluding hydrogens is 210 g/mol. The number of hydrogen-bond acceptors (Lipinski definition) is 3. The van der Waals surface area contributed by atoms with Crippen LogP contribution in [0, 0.1) is 27.7 Å². The first kappa shape index (κ1) is 11.6. The third kappa shape index (κ3) is 2.61. The molecule has 0 aliphatic carbocycles. The lowest BCUT2D eigenvalue weighted by atomic mass is 10.2. The molecule has 2 rings (SSSR count). The number of nitrogens with one attached hydrogen (secondary N) is 1. The second kappa shape index (κ2) is 4.53. The summed E-state index contributed by atoms with van der Waals surface area (Å²) in [6, 6.07) is 8.19. The average molecular weight is 227 g/mol. The van der Waals surface area contributed by atoms with E-state index >= 15 is 0 Å². The van der Waals surface area contributed by atoms with Gasteiger partial charge in [-0.1, -0.05) is 17.7 Å². The number of anilines is 2.